The summed E-state index contributed by atoms with van der Waals surface area (Å²) in [6, 6.07) is 17.2. The number of nitrogens with one attached hydrogen (secondary N) is 1. The van der Waals surface area contributed by atoms with Crippen molar-refractivity contribution in [3.05, 3.63) is 60.2 Å². The van der Waals surface area contributed by atoms with Crippen molar-refractivity contribution in [1.82, 2.24) is 9.88 Å². The Morgan fingerprint density at radius 2 is 1.86 bits per heavy atom. The topological polar surface area (TPSA) is 70.2 Å². The van der Waals surface area contributed by atoms with E-state index in [4.69, 9.17) is 6.42 Å². The van der Waals surface area contributed by atoms with E-state index in [0.717, 1.165) is 22.2 Å². The number of aromatic amines is 1. The van der Waals surface area contributed by atoms with E-state index >= 15 is 0 Å². The molecule has 1 fully saturated rings. The number of para-hydroxylation sites is 1. The number of rotatable bonds is 6. The average molecular weight is 407 g/mol. The van der Waals surface area contributed by atoms with Gasteiger partial charge in [0.05, 0.1) is 35.9 Å². The van der Waals surface area contributed by atoms with Gasteiger partial charge in [0.15, 0.2) is 15.6 Å². The van der Waals surface area contributed by atoms with Gasteiger partial charge in [0.2, 0.25) is 0 Å². The molecular weight excluding hydrogens is 384 g/mol. The number of carbonyl (C=O) groups excluding carboxylic acids is 1. The van der Waals surface area contributed by atoms with Gasteiger partial charge in [-0.15, -0.1) is 6.42 Å². The molecule has 0 radical (unpaired) electrons. The van der Waals surface area contributed by atoms with E-state index in [1.807, 2.05) is 59.5 Å². The highest BCUT2D eigenvalue weighted by atomic mass is 32.2. The highest BCUT2D eigenvalue weighted by Gasteiger charge is 2.33. The summed E-state index contributed by atoms with van der Waals surface area (Å²) >= 11 is 0. The molecule has 5 nitrogen and oxygen atoms in total. The Hall–Kier alpha value is -2.88. The molecule has 29 heavy (non-hydrogen) atoms. The largest absolute Gasteiger partial charge is 0.354 e. The zero-order valence-corrected chi connectivity index (χ0v) is 16.8. The van der Waals surface area contributed by atoms with Crippen molar-refractivity contribution in [2.75, 3.05) is 24.6 Å². The van der Waals surface area contributed by atoms with E-state index in [9.17, 15) is 13.2 Å². The molecule has 2 aromatic carbocycles. The monoisotopic (exact) mass is 406 g/mol. The molecule has 1 aromatic heterocycles. The van der Waals surface area contributed by atoms with Gasteiger partial charge in [-0.2, -0.15) is 0 Å². The average Bonchev–Trinajstić information content (AvgIpc) is 3.28. The van der Waals surface area contributed by atoms with Crippen LogP contribution in [0.5, 0.6) is 0 Å². The van der Waals surface area contributed by atoms with E-state index in [1.54, 1.807) is 0 Å². The molecule has 1 unspecified atom stereocenters. The fraction of sp³-hybridized carbons (Fsp3) is 0.261. The van der Waals surface area contributed by atoms with Crippen molar-refractivity contribution in [3.63, 3.8) is 0 Å². The zero-order valence-electron chi connectivity index (χ0n) is 16.0. The number of aromatic nitrogens is 1. The SMILES string of the molecule is C#CCN(CC(=O)c1c(-c2ccccc2)[nH]c2ccccc12)C1CCS(=O)(=O)C1. The van der Waals surface area contributed by atoms with Gasteiger partial charge in [0, 0.05) is 16.9 Å². The predicted molar refractivity (Wildman–Crippen MR) is 116 cm³/mol. The maximum Gasteiger partial charge on any atom is 0.179 e. The summed E-state index contributed by atoms with van der Waals surface area (Å²) in [4.78, 5) is 18.6. The van der Waals surface area contributed by atoms with E-state index < -0.39 is 9.84 Å². The second-order valence-electron chi connectivity index (χ2n) is 7.38. The number of carbonyl (C=O) groups is 1. The molecule has 0 saturated carbocycles. The standard InChI is InChI=1S/C23H22N2O3S/c1-2-13-25(18-12-14-29(27,28)16-18)15-21(26)22-19-10-6-7-11-20(19)24-23(22)17-8-4-3-5-9-17/h1,3-11,18,24H,12-16H2. The number of ketones is 1. The highest BCUT2D eigenvalue weighted by Crippen LogP contribution is 2.31. The van der Waals surface area contributed by atoms with Crippen molar-refractivity contribution >= 4 is 26.5 Å². The molecule has 0 amide bonds. The normalized spacial score (nSPS) is 18.1. The van der Waals surface area contributed by atoms with Crippen LogP contribution in [-0.2, 0) is 9.84 Å². The van der Waals surface area contributed by atoms with Crippen molar-refractivity contribution in [2.45, 2.75) is 12.5 Å². The Kier molecular flexibility index (Phi) is 5.27. The number of Topliss-reactive ketones (excluding diaryl/α,β-unsaturated/α-hetero) is 1. The summed E-state index contributed by atoms with van der Waals surface area (Å²) in [5.41, 5.74) is 3.21. The Labute approximate surface area is 170 Å². The lowest BCUT2D eigenvalue weighted by molar-refractivity contribution is 0.0918. The molecule has 1 atom stereocenters. The van der Waals surface area contributed by atoms with E-state index in [0.29, 0.717) is 12.0 Å². The number of sulfone groups is 1. The fourth-order valence-electron chi connectivity index (χ4n) is 4.01. The molecule has 148 valence electrons. The molecule has 2 heterocycles. The Bertz CT molecular complexity index is 1190. The first-order chi connectivity index (χ1) is 14.0. The number of terminal acetylenes is 1. The van der Waals surface area contributed by atoms with E-state index in [2.05, 4.69) is 10.9 Å². The number of H-pyrrole nitrogens is 1. The van der Waals surface area contributed by atoms with Crippen LogP contribution in [0, 0.1) is 12.3 Å². The summed E-state index contributed by atoms with van der Waals surface area (Å²) in [7, 11) is -3.06. The first-order valence-electron chi connectivity index (χ1n) is 9.56. The first-order valence-corrected chi connectivity index (χ1v) is 11.4. The van der Waals surface area contributed by atoms with Gasteiger partial charge in [-0.25, -0.2) is 8.42 Å². The number of hydrogen-bond donors (Lipinski definition) is 1. The van der Waals surface area contributed by atoms with Crippen LogP contribution < -0.4 is 0 Å². The fourth-order valence-corrected chi connectivity index (χ4v) is 5.77. The van der Waals surface area contributed by atoms with Crippen LogP contribution in [0.3, 0.4) is 0 Å². The molecule has 6 heteroatoms. The summed E-state index contributed by atoms with van der Waals surface area (Å²) < 4.78 is 23.8. The molecule has 0 bridgehead atoms. The second-order valence-corrected chi connectivity index (χ2v) is 9.60. The number of fused-ring (bicyclic) bond motifs is 1. The third-order valence-corrected chi connectivity index (χ3v) is 7.16. The van der Waals surface area contributed by atoms with Gasteiger partial charge < -0.3 is 4.98 Å². The zero-order chi connectivity index (χ0) is 20.4. The van der Waals surface area contributed by atoms with Gasteiger partial charge in [0.25, 0.3) is 0 Å². The number of nitrogens with zero attached hydrogens (tertiary/aromatic N) is 1. The lowest BCUT2D eigenvalue weighted by atomic mass is 10.0. The van der Waals surface area contributed by atoms with Crippen molar-refractivity contribution in [3.8, 4) is 23.6 Å². The lowest BCUT2D eigenvalue weighted by Crippen LogP contribution is -2.40. The summed E-state index contributed by atoms with van der Waals surface area (Å²) in [5.74, 6) is 2.71. The first kappa shape index (κ1) is 19.4. The van der Waals surface area contributed by atoms with Crippen LogP contribution in [0.1, 0.15) is 16.8 Å². The van der Waals surface area contributed by atoms with Gasteiger partial charge in [-0.05, 0) is 18.1 Å². The van der Waals surface area contributed by atoms with E-state index in [1.165, 1.54) is 0 Å². The summed E-state index contributed by atoms with van der Waals surface area (Å²) in [6.07, 6.45) is 6.02. The summed E-state index contributed by atoms with van der Waals surface area (Å²) in [5, 5.41) is 0.857. The minimum absolute atomic E-state index is 0.0569. The maximum absolute atomic E-state index is 13.4. The van der Waals surface area contributed by atoms with Gasteiger partial charge in [-0.1, -0.05) is 54.5 Å². The van der Waals surface area contributed by atoms with Crippen molar-refractivity contribution in [1.29, 1.82) is 0 Å². The smallest absolute Gasteiger partial charge is 0.179 e. The van der Waals surface area contributed by atoms with Crippen molar-refractivity contribution in [2.24, 2.45) is 0 Å². The molecule has 0 aliphatic carbocycles. The lowest BCUT2D eigenvalue weighted by Gasteiger charge is -2.25. The molecular formula is C23H22N2O3S. The highest BCUT2D eigenvalue weighted by molar-refractivity contribution is 7.91. The maximum atomic E-state index is 13.4. The van der Waals surface area contributed by atoms with Gasteiger partial charge in [-0.3, -0.25) is 9.69 Å². The molecule has 3 aromatic rings. The minimum atomic E-state index is -3.06. The molecule has 0 spiro atoms. The van der Waals surface area contributed by atoms with Crippen molar-refractivity contribution < 1.29 is 13.2 Å². The predicted octanol–water partition coefficient (Wildman–Crippen LogP) is 3.14. The Balaban J connectivity index is 1.72. The number of benzene rings is 2. The molecule has 1 aliphatic rings. The Morgan fingerprint density at radius 1 is 1.14 bits per heavy atom. The van der Waals surface area contributed by atoms with Gasteiger partial charge in [0.1, 0.15) is 0 Å². The number of hydrogen-bond acceptors (Lipinski definition) is 4. The van der Waals surface area contributed by atoms with Crippen LogP contribution in [0.2, 0.25) is 0 Å². The van der Waals surface area contributed by atoms with Crippen LogP contribution in [0.15, 0.2) is 54.6 Å². The van der Waals surface area contributed by atoms with E-state index in [-0.39, 0.29) is 36.4 Å². The second kappa shape index (κ2) is 7.86. The summed E-state index contributed by atoms with van der Waals surface area (Å²) in [6.45, 7) is 0.334. The van der Waals surface area contributed by atoms with Gasteiger partial charge >= 0.3 is 0 Å². The third kappa shape index (κ3) is 3.98. The molecule has 1 aliphatic heterocycles. The molecule has 1 N–H and O–H groups in total. The van der Waals surface area contributed by atoms with Crippen LogP contribution >= 0.6 is 0 Å². The molecule has 1 saturated heterocycles. The minimum Gasteiger partial charge on any atom is -0.354 e. The Morgan fingerprint density at radius 3 is 2.55 bits per heavy atom. The van der Waals surface area contributed by atoms with Crippen LogP contribution in [0.4, 0.5) is 0 Å². The van der Waals surface area contributed by atoms with Crippen LogP contribution in [0.25, 0.3) is 22.2 Å². The van der Waals surface area contributed by atoms with Crippen LogP contribution in [-0.4, -0.2) is 54.7 Å². The third-order valence-electron chi connectivity index (χ3n) is 5.41. The molecule has 4 rings (SSSR count). The quantitative estimate of drug-likeness (QED) is 0.504.